The van der Waals surface area contributed by atoms with Crippen LogP contribution < -0.4 is 5.32 Å². The van der Waals surface area contributed by atoms with Gasteiger partial charge in [-0.25, -0.2) is 0 Å². The number of thioether (sulfide) groups is 1. The maximum atomic E-state index is 11.9. The first-order valence-electron chi connectivity index (χ1n) is 7.24. The van der Waals surface area contributed by atoms with Gasteiger partial charge in [0.15, 0.2) is 6.61 Å². The van der Waals surface area contributed by atoms with E-state index in [1.807, 2.05) is 35.0 Å². The zero-order valence-electron chi connectivity index (χ0n) is 12.9. The van der Waals surface area contributed by atoms with E-state index in [9.17, 15) is 9.59 Å². The summed E-state index contributed by atoms with van der Waals surface area (Å²) in [5.74, 6) is -0.503. The molecule has 0 radical (unpaired) electrons. The molecule has 0 saturated heterocycles. The lowest BCUT2D eigenvalue weighted by molar-refractivity contribution is -0.147. The molecule has 7 heteroatoms. The number of carbonyl (C=O) groups is 2. The number of esters is 1. The largest absolute Gasteiger partial charge is 0.456 e. The number of aryl methyl sites for hydroxylation is 1. The number of thiophene rings is 1. The maximum absolute atomic E-state index is 11.9. The number of nitrogens with zero attached hydrogens (tertiary/aromatic N) is 1. The fourth-order valence-corrected chi connectivity index (χ4v) is 3.26. The summed E-state index contributed by atoms with van der Waals surface area (Å²) in [4.78, 5) is 24.4. The Morgan fingerprint density at radius 1 is 1.29 bits per heavy atom. The minimum Gasteiger partial charge on any atom is -0.456 e. The molecule has 0 aliphatic rings. The van der Waals surface area contributed by atoms with E-state index in [1.54, 1.807) is 23.5 Å². The lowest BCUT2D eigenvalue weighted by Gasteiger charge is -2.10. The summed E-state index contributed by atoms with van der Waals surface area (Å²) >= 11 is 2.92. The highest BCUT2D eigenvalue weighted by molar-refractivity contribution is 7.99. The van der Waals surface area contributed by atoms with Gasteiger partial charge in [-0.05, 0) is 40.9 Å². The number of nitrogens with one attached hydrogen (secondary N) is 1. The lowest BCUT2D eigenvalue weighted by atomic mass is 10.2. The lowest BCUT2D eigenvalue weighted by Crippen LogP contribution is -2.21. The number of para-hydroxylation sites is 1. The van der Waals surface area contributed by atoms with Crippen LogP contribution in [0.4, 0.5) is 5.69 Å². The summed E-state index contributed by atoms with van der Waals surface area (Å²) in [6.07, 6.45) is 0.857. The van der Waals surface area contributed by atoms with Gasteiger partial charge in [0.2, 0.25) is 0 Å². The van der Waals surface area contributed by atoms with Gasteiger partial charge in [0, 0.05) is 11.3 Å². The zero-order valence-corrected chi connectivity index (χ0v) is 14.5. The van der Waals surface area contributed by atoms with Crippen LogP contribution in [0, 0.1) is 11.3 Å². The van der Waals surface area contributed by atoms with Crippen molar-refractivity contribution in [1.82, 2.24) is 0 Å². The van der Waals surface area contributed by atoms with Crippen molar-refractivity contribution >= 4 is 40.7 Å². The van der Waals surface area contributed by atoms with Crippen molar-refractivity contribution in [1.29, 1.82) is 5.26 Å². The summed E-state index contributed by atoms with van der Waals surface area (Å²) in [5.41, 5.74) is 1.70. The van der Waals surface area contributed by atoms with Crippen LogP contribution in [0.15, 0.2) is 46.0 Å². The number of amides is 1. The summed E-state index contributed by atoms with van der Waals surface area (Å²) in [6.45, 7) is -0.320. The smallest absolute Gasteiger partial charge is 0.306 e. The van der Waals surface area contributed by atoms with Crippen molar-refractivity contribution in [2.75, 3.05) is 17.7 Å². The number of benzene rings is 1. The van der Waals surface area contributed by atoms with Gasteiger partial charge in [-0.3, -0.25) is 9.59 Å². The summed E-state index contributed by atoms with van der Waals surface area (Å²) in [6, 6.07) is 11.2. The number of rotatable bonds is 8. The highest BCUT2D eigenvalue weighted by Gasteiger charge is 2.10. The molecule has 0 unspecified atom stereocenters. The molecule has 24 heavy (non-hydrogen) atoms. The van der Waals surface area contributed by atoms with Gasteiger partial charge in [-0.15, -0.1) is 11.8 Å². The average molecular weight is 360 g/mol. The minimum absolute atomic E-state index is 0.249. The SMILES string of the molecule is N#CCSc1ccccc1NC(=O)COC(=O)CCc1ccsc1. The van der Waals surface area contributed by atoms with E-state index in [4.69, 9.17) is 10.00 Å². The molecule has 0 aliphatic heterocycles. The number of anilines is 1. The second-order valence-corrected chi connectivity index (χ2v) is 6.58. The number of carbonyl (C=O) groups excluding carboxylic acids is 2. The molecule has 1 amide bonds. The molecule has 0 fully saturated rings. The van der Waals surface area contributed by atoms with Gasteiger partial charge in [-0.1, -0.05) is 12.1 Å². The second-order valence-electron chi connectivity index (χ2n) is 4.78. The first kappa shape index (κ1) is 18.0. The van der Waals surface area contributed by atoms with E-state index in [0.717, 1.165) is 10.5 Å². The number of hydrogen-bond donors (Lipinski definition) is 1. The van der Waals surface area contributed by atoms with Crippen LogP contribution in [0.5, 0.6) is 0 Å². The molecule has 0 bridgehead atoms. The van der Waals surface area contributed by atoms with Crippen molar-refractivity contribution in [3.8, 4) is 6.07 Å². The molecular weight excluding hydrogens is 344 g/mol. The van der Waals surface area contributed by atoms with Crippen molar-refractivity contribution < 1.29 is 14.3 Å². The second kappa shape index (κ2) is 9.75. The highest BCUT2D eigenvalue weighted by atomic mass is 32.2. The van der Waals surface area contributed by atoms with Crippen LogP contribution in [0.2, 0.25) is 0 Å². The van der Waals surface area contributed by atoms with Gasteiger partial charge in [-0.2, -0.15) is 16.6 Å². The zero-order chi connectivity index (χ0) is 17.2. The molecule has 0 spiro atoms. The van der Waals surface area contributed by atoms with Crippen LogP contribution >= 0.6 is 23.1 Å². The molecular formula is C17H16N2O3S2. The van der Waals surface area contributed by atoms with Gasteiger partial charge in [0.25, 0.3) is 5.91 Å². The quantitative estimate of drug-likeness (QED) is 0.576. The Balaban J connectivity index is 1.77. The van der Waals surface area contributed by atoms with Gasteiger partial charge < -0.3 is 10.1 Å². The third kappa shape index (κ3) is 6.07. The topological polar surface area (TPSA) is 79.2 Å². The van der Waals surface area contributed by atoms with Crippen LogP contribution in [0.1, 0.15) is 12.0 Å². The number of ether oxygens (including phenoxy) is 1. The number of nitriles is 1. The molecule has 0 saturated carbocycles. The van der Waals surface area contributed by atoms with Crippen molar-refractivity contribution in [3.05, 3.63) is 46.7 Å². The Hall–Kier alpha value is -2.30. The van der Waals surface area contributed by atoms with Crippen LogP contribution in [-0.2, 0) is 20.7 Å². The molecule has 1 N–H and O–H groups in total. The third-order valence-corrected chi connectivity index (χ3v) is 4.69. The first-order chi connectivity index (χ1) is 11.7. The molecule has 2 aromatic rings. The van der Waals surface area contributed by atoms with Crippen LogP contribution in [0.3, 0.4) is 0 Å². The summed E-state index contributed by atoms with van der Waals surface area (Å²) in [5, 5.41) is 15.3. The Kier molecular flexibility index (Phi) is 7.33. The monoisotopic (exact) mass is 360 g/mol. The Morgan fingerprint density at radius 3 is 2.88 bits per heavy atom. The first-order valence-corrected chi connectivity index (χ1v) is 9.17. The highest BCUT2D eigenvalue weighted by Crippen LogP contribution is 2.26. The minimum atomic E-state index is -0.400. The van der Waals surface area contributed by atoms with Crippen LogP contribution in [-0.4, -0.2) is 24.2 Å². The molecule has 1 heterocycles. The normalized spacial score (nSPS) is 9.96. The summed E-state index contributed by atoms with van der Waals surface area (Å²) in [7, 11) is 0. The molecule has 0 atom stereocenters. The predicted molar refractivity (Wildman–Crippen MR) is 95.0 cm³/mol. The molecule has 1 aromatic carbocycles. The average Bonchev–Trinajstić information content (AvgIpc) is 3.11. The fraction of sp³-hybridized carbons (Fsp3) is 0.235. The molecule has 5 nitrogen and oxygen atoms in total. The van der Waals surface area contributed by atoms with Gasteiger partial charge >= 0.3 is 5.97 Å². The van der Waals surface area contributed by atoms with E-state index in [-0.39, 0.29) is 13.0 Å². The third-order valence-electron chi connectivity index (χ3n) is 3.02. The Morgan fingerprint density at radius 2 is 2.12 bits per heavy atom. The van der Waals surface area contributed by atoms with Crippen molar-refractivity contribution in [2.45, 2.75) is 17.7 Å². The maximum Gasteiger partial charge on any atom is 0.306 e. The summed E-state index contributed by atoms with van der Waals surface area (Å²) < 4.78 is 4.99. The molecule has 1 aromatic heterocycles. The van der Waals surface area contributed by atoms with Gasteiger partial charge in [0.05, 0.1) is 17.5 Å². The Bertz CT molecular complexity index is 724. The number of hydrogen-bond acceptors (Lipinski definition) is 6. The fourth-order valence-electron chi connectivity index (χ4n) is 1.89. The van der Waals surface area contributed by atoms with Crippen molar-refractivity contribution in [2.24, 2.45) is 0 Å². The predicted octanol–water partition coefficient (Wildman–Crippen LogP) is 3.48. The van der Waals surface area contributed by atoms with E-state index in [2.05, 4.69) is 5.32 Å². The van der Waals surface area contributed by atoms with Crippen molar-refractivity contribution in [3.63, 3.8) is 0 Å². The van der Waals surface area contributed by atoms with E-state index >= 15 is 0 Å². The van der Waals surface area contributed by atoms with E-state index < -0.39 is 11.9 Å². The molecule has 0 aliphatic carbocycles. The van der Waals surface area contributed by atoms with Crippen LogP contribution in [0.25, 0.3) is 0 Å². The standard InChI is InChI=1S/C17H16N2O3S2/c18-8-10-24-15-4-2-1-3-14(15)19-16(20)11-22-17(21)6-5-13-7-9-23-12-13/h1-4,7,9,12H,5-6,10-11H2,(H,19,20). The van der Waals surface area contributed by atoms with Gasteiger partial charge in [0.1, 0.15) is 0 Å². The van der Waals surface area contributed by atoms with E-state index in [0.29, 0.717) is 17.9 Å². The molecule has 124 valence electrons. The van der Waals surface area contributed by atoms with E-state index in [1.165, 1.54) is 11.8 Å². The Labute approximate surface area is 148 Å². The molecule has 2 rings (SSSR count).